The largest absolute Gasteiger partial charge is 0.388 e. The Labute approximate surface area is 248 Å². The molecule has 0 amide bonds. The van der Waals surface area contributed by atoms with E-state index in [4.69, 9.17) is 0 Å². The van der Waals surface area contributed by atoms with Crippen molar-refractivity contribution in [1.82, 2.24) is 25.6 Å². The van der Waals surface area contributed by atoms with Gasteiger partial charge in [0.25, 0.3) is 0 Å². The predicted octanol–water partition coefficient (Wildman–Crippen LogP) is 4.72. The van der Waals surface area contributed by atoms with Crippen molar-refractivity contribution in [2.75, 3.05) is 71.6 Å². The van der Waals surface area contributed by atoms with E-state index < -0.39 is 0 Å². The van der Waals surface area contributed by atoms with Gasteiger partial charge in [-0.2, -0.15) is 0 Å². The molecule has 1 aromatic rings. The Kier molecular flexibility index (Phi) is 12.8. The molecule has 5 aliphatic rings. The number of likely N-dealkylation sites (tertiary alicyclic amines) is 1. The third kappa shape index (κ3) is 9.13. The van der Waals surface area contributed by atoms with Crippen LogP contribution in [0.2, 0.25) is 0 Å². The molecule has 8 nitrogen and oxygen atoms in total. The molecule has 4 heterocycles. The molecular formula is C33H53N7O. The number of anilines is 2. The van der Waals surface area contributed by atoms with Gasteiger partial charge in [-0.1, -0.05) is 32.4 Å². The fourth-order valence-electron chi connectivity index (χ4n) is 5.60. The fourth-order valence-corrected chi connectivity index (χ4v) is 5.60. The van der Waals surface area contributed by atoms with Crippen LogP contribution in [0.1, 0.15) is 51.5 Å². The third-order valence-corrected chi connectivity index (χ3v) is 8.01. The van der Waals surface area contributed by atoms with E-state index in [1.165, 1.54) is 72.7 Å². The van der Waals surface area contributed by atoms with Crippen LogP contribution in [-0.4, -0.2) is 88.7 Å². The fraction of sp³-hybridized carbons (Fsp3) is 0.545. The Morgan fingerprint density at radius 1 is 0.976 bits per heavy atom. The minimum Gasteiger partial charge on any atom is -0.388 e. The summed E-state index contributed by atoms with van der Waals surface area (Å²) < 4.78 is 0. The lowest BCUT2D eigenvalue weighted by Crippen LogP contribution is -2.43. The number of rotatable bonds is 4. The first-order chi connectivity index (χ1) is 19.9. The SMILES string of the molecule is CC.CN1CC2=C(C=C(NC3C(C=O)=CC=CN3C)CC2)N1.CN1CCCCC1.CNc1ccc2c(c1)N(C)CC2. The molecule has 4 aliphatic heterocycles. The minimum atomic E-state index is -0.0787. The number of benzene rings is 1. The van der Waals surface area contributed by atoms with Gasteiger partial charge in [0, 0.05) is 70.1 Å². The molecule has 1 unspecified atom stereocenters. The van der Waals surface area contributed by atoms with Crippen LogP contribution in [0.15, 0.2) is 65.2 Å². The Balaban J connectivity index is 0.000000186. The Hall–Kier alpha value is -3.23. The first kappa shape index (κ1) is 32.3. The van der Waals surface area contributed by atoms with E-state index in [9.17, 15) is 4.79 Å². The molecule has 1 aliphatic carbocycles. The molecule has 1 fully saturated rings. The molecule has 226 valence electrons. The predicted molar refractivity (Wildman–Crippen MR) is 174 cm³/mol. The van der Waals surface area contributed by atoms with Crippen molar-refractivity contribution in [2.45, 2.75) is 58.5 Å². The second-order valence-corrected chi connectivity index (χ2v) is 11.1. The van der Waals surface area contributed by atoms with E-state index in [1.807, 2.05) is 58.2 Å². The number of piperidine rings is 1. The summed E-state index contributed by atoms with van der Waals surface area (Å²) in [5.74, 6) is 0. The van der Waals surface area contributed by atoms with Gasteiger partial charge in [-0.05, 0) is 87.7 Å². The van der Waals surface area contributed by atoms with Crippen molar-refractivity contribution in [3.8, 4) is 0 Å². The standard InChI is InChI=1S/C15H20N4O.C10H14N2.C6H13N.C2H6/c1-18-7-3-4-12(10-20)15(18)16-13-6-5-11-9-19(2)17-14(11)8-13;1-11-9-4-3-8-5-6-12(2)10(8)7-9;1-7-5-3-2-4-6-7;1-2/h3-4,7-8,10,15-17H,5-6,9H2,1-2H3;3-4,7,11H,5-6H2,1-2H3;2-6H2,1H3;1-2H3. The third-order valence-electron chi connectivity index (χ3n) is 8.01. The summed E-state index contributed by atoms with van der Waals surface area (Å²) in [6.45, 7) is 8.78. The normalized spacial score (nSPS) is 21.4. The Morgan fingerprint density at radius 2 is 1.73 bits per heavy atom. The zero-order valence-corrected chi connectivity index (χ0v) is 26.5. The van der Waals surface area contributed by atoms with E-state index in [2.05, 4.69) is 69.2 Å². The van der Waals surface area contributed by atoms with Crippen LogP contribution in [0.3, 0.4) is 0 Å². The zero-order chi connectivity index (χ0) is 29.8. The van der Waals surface area contributed by atoms with Gasteiger partial charge in [0.2, 0.25) is 0 Å². The van der Waals surface area contributed by atoms with Crippen LogP contribution < -0.4 is 21.0 Å². The van der Waals surface area contributed by atoms with Gasteiger partial charge in [-0.15, -0.1) is 0 Å². The molecule has 0 saturated carbocycles. The molecule has 1 saturated heterocycles. The lowest BCUT2D eigenvalue weighted by molar-refractivity contribution is -0.105. The number of fused-ring (bicyclic) bond motifs is 1. The number of aldehydes is 1. The highest BCUT2D eigenvalue weighted by molar-refractivity contribution is 5.76. The van der Waals surface area contributed by atoms with Crippen molar-refractivity contribution >= 4 is 17.7 Å². The summed E-state index contributed by atoms with van der Waals surface area (Å²) in [5, 5.41) is 8.72. The topological polar surface area (TPSA) is 66.1 Å². The van der Waals surface area contributed by atoms with Gasteiger partial charge in [-0.3, -0.25) is 4.79 Å². The number of likely N-dealkylation sites (N-methyl/N-ethyl adjacent to an activating group) is 3. The molecule has 3 N–H and O–H groups in total. The number of allylic oxidation sites excluding steroid dienone is 4. The molecule has 6 rings (SSSR count). The lowest BCUT2D eigenvalue weighted by Gasteiger charge is -2.32. The molecule has 1 atom stereocenters. The van der Waals surface area contributed by atoms with E-state index in [0.717, 1.165) is 37.8 Å². The maximum atomic E-state index is 11.2. The highest BCUT2D eigenvalue weighted by atomic mass is 16.1. The first-order valence-corrected chi connectivity index (χ1v) is 15.3. The molecule has 0 aromatic heterocycles. The van der Waals surface area contributed by atoms with Crippen LogP contribution in [0.25, 0.3) is 0 Å². The Morgan fingerprint density at radius 3 is 2.39 bits per heavy atom. The van der Waals surface area contributed by atoms with Gasteiger partial charge in [0.15, 0.2) is 0 Å². The molecule has 0 spiro atoms. The summed E-state index contributed by atoms with van der Waals surface area (Å²) in [6, 6.07) is 6.56. The number of hydrazine groups is 1. The average molecular weight is 564 g/mol. The summed E-state index contributed by atoms with van der Waals surface area (Å²) >= 11 is 0. The van der Waals surface area contributed by atoms with Crippen molar-refractivity contribution in [3.63, 3.8) is 0 Å². The maximum absolute atomic E-state index is 11.2. The van der Waals surface area contributed by atoms with E-state index >= 15 is 0 Å². The lowest BCUT2D eigenvalue weighted by atomic mass is 10.00. The van der Waals surface area contributed by atoms with Crippen LogP contribution in [0.5, 0.6) is 0 Å². The quantitative estimate of drug-likeness (QED) is 0.455. The van der Waals surface area contributed by atoms with Crippen LogP contribution >= 0.6 is 0 Å². The van der Waals surface area contributed by atoms with Crippen molar-refractivity contribution in [2.24, 2.45) is 0 Å². The van der Waals surface area contributed by atoms with Crippen LogP contribution in [0.4, 0.5) is 11.4 Å². The molecular weight excluding hydrogens is 510 g/mol. The van der Waals surface area contributed by atoms with E-state index in [1.54, 1.807) is 0 Å². The second-order valence-electron chi connectivity index (χ2n) is 11.1. The summed E-state index contributed by atoms with van der Waals surface area (Å²) in [5.41, 5.74) is 12.0. The summed E-state index contributed by atoms with van der Waals surface area (Å²) in [4.78, 5) is 17.9. The van der Waals surface area contributed by atoms with Gasteiger partial charge >= 0.3 is 0 Å². The van der Waals surface area contributed by atoms with E-state index in [0.29, 0.717) is 0 Å². The molecule has 0 bridgehead atoms. The van der Waals surface area contributed by atoms with Crippen molar-refractivity contribution in [3.05, 3.63) is 70.7 Å². The number of nitrogens with one attached hydrogen (secondary N) is 3. The van der Waals surface area contributed by atoms with Crippen LogP contribution in [0, 0.1) is 0 Å². The monoisotopic (exact) mass is 563 g/mol. The molecule has 1 aromatic carbocycles. The number of carbonyl (C=O) groups excluding carboxylic acids is 1. The minimum absolute atomic E-state index is 0.0787. The Bertz CT molecular complexity index is 1120. The van der Waals surface area contributed by atoms with Gasteiger partial charge in [-0.25, -0.2) is 5.01 Å². The van der Waals surface area contributed by atoms with Crippen LogP contribution in [-0.2, 0) is 11.2 Å². The number of hydrogen-bond acceptors (Lipinski definition) is 8. The van der Waals surface area contributed by atoms with Gasteiger partial charge < -0.3 is 30.8 Å². The number of carbonyl (C=O) groups is 1. The smallest absolute Gasteiger partial charge is 0.149 e. The van der Waals surface area contributed by atoms with Gasteiger partial charge in [0.1, 0.15) is 12.5 Å². The average Bonchev–Trinajstić information content (AvgIpc) is 3.56. The molecule has 41 heavy (non-hydrogen) atoms. The highest BCUT2D eigenvalue weighted by Crippen LogP contribution is 2.29. The van der Waals surface area contributed by atoms with Crippen molar-refractivity contribution < 1.29 is 4.79 Å². The number of hydrogen-bond donors (Lipinski definition) is 3. The molecule has 8 heteroatoms. The van der Waals surface area contributed by atoms with E-state index in [-0.39, 0.29) is 6.17 Å². The maximum Gasteiger partial charge on any atom is 0.149 e. The number of nitrogens with zero attached hydrogens (tertiary/aromatic N) is 4. The first-order valence-electron chi connectivity index (χ1n) is 15.3. The second kappa shape index (κ2) is 16.3. The summed E-state index contributed by atoms with van der Waals surface area (Å²) in [7, 11) is 10.3. The molecule has 0 radical (unpaired) electrons. The highest BCUT2D eigenvalue weighted by Gasteiger charge is 2.24. The van der Waals surface area contributed by atoms with Gasteiger partial charge in [0.05, 0.1) is 5.70 Å². The summed E-state index contributed by atoms with van der Waals surface area (Å²) in [6.07, 6.45) is 16.3. The van der Waals surface area contributed by atoms with Crippen molar-refractivity contribution in [1.29, 1.82) is 0 Å². The zero-order valence-electron chi connectivity index (χ0n) is 26.5.